The van der Waals surface area contributed by atoms with Crippen LogP contribution in [0, 0.1) is 0 Å². The van der Waals surface area contributed by atoms with Gasteiger partial charge in [0.2, 0.25) is 0 Å². The van der Waals surface area contributed by atoms with Gasteiger partial charge in [0.05, 0.1) is 6.26 Å². The van der Waals surface area contributed by atoms with Crippen LogP contribution in [0.15, 0.2) is 0 Å². The highest BCUT2D eigenvalue weighted by Crippen LogP contribution is 1.60. The molecule has 0 aliphatic carbocycles. The number of primary amides is 2. The minimum atomic E-state index is -3.67. The lowest BCUT2D eigenvalue weighted by atomic mass is 11.2. The summed E-state index contributed by atoms with van der Waals surface area (Å²) in [5.41, 5.74) is 8.50. The van der Waals surface area contributed by atoms with E-state index in [4.69, 9.17) is 9.35 Å². The summed E-state index contributed by atoms with van der Waals surface area (Å²) in [5, 5.41) is 0. The van der Waals surface area contributed by atoms with Crippen molar-refractivity contribution in [1.82, 2.24) is 0 Å². The molecule has 0 aromatic rings. The average molecular weight is 156 g/mol. The molecule has 7 heteroatoms. The third-order valence-electron chi connectivity index (χ3n) is 0. The van der Waals surface area contributed by atoms with Crippen LogP contribution in [0.5, 0.6) is 0 Å². The van der Waals surface area contributed by atoms with Gasteiger partial charge in [-0.1, -0.05) is 0 Å². The minimum absolute atomic E-state index is 0.715. The maximum Gasteiger partial charge on any atom is 0.309 e. The molecule has 0 saturated heterocycles. The summed E-state index contributed by atoms with van der Waals surface area (Å²) in [7, 11) is -3.67. The molecule has 56 valence electrons. The van der Waals surface area contributed by atoms with E-state index in [9.17, 15) is 8.42 Å². The van der Waals surface area contributed by atoms with Gasteiger partial charge in [-0.05, 0) is 0 Å². The van der Waals surface area contributed by atoms with E-state index in [1.165, 1.54) is 0 Å². The number of nitrogens with two attached hydrogens (primary N) is 2. The van der Waals surface area contributed by atoms with Crippen molar-refractivity contribution in [2.45, 2.75) is 0 Å². The number of hydrogen-bond acceptors (Lipinski definition) is 3. The molecule has 5 N–H and O–H groups in total. The smallest absolute Gasteiger partial charge is 0.309 e. The first-order valence-electron chi connectivity index (χ1n) is 1.71. The third-order valence-corrected chi connectivity index (χ3v) is 0. The molecule has 0 spiro atoms. The fourth-order valence-corrected chi connectivity index (χ4v) is 0. The van der Waals surface area contributed by atoms with Crippen LogP contribution in [0.2, 0.25) is 0 Å². The SMILES string of the molecule is CS(=O)(=O)O.NC(N)=O. The van der Waals surface area contributed by atoms with Gasteiger partial charge in [-0.2, -0.15) is 8.42 Å². The van der Waals surface area contributed by atoms with E-state index >= 15 is 0 Å². The summed E-state index contributed by atoms with van der Waals surface area (Å²) < 4.78 is 25.9. The number of urea groups is 1. The molecule has 0 atom stereocenters. The zero-order valence-corrected chi connectivity index (χ0v) is 5.55. The van der Waals surface area contributed by atoms with Gasteiger partial charge in [-0.25, -0.2) is 4.79 Å². The van der Waals surface area contributed by atoms with Crippen LogP contribution in [-0.4, -0.2) is 25.3 Å². The average Bonchev–Trinajstić information content (AvgIpc) is 1.19. The summed E-state index contributed by atoms with van der Waals surface area (Å²) in [5.74, 6) is 0. The molecule has 0 radical (unpaired) electrons. The van der Waals surface area contributed by atoms with Gasteiger partial charge in [-0.3, -0.25) is 4.55 Å². The number of rotatable bonds is 0. The van der Waals surface area contributed by atoms with Gasteiger partial charge < -0.3 is 11.5 Å². The molecule has 0 unspecified atom stereocenters. The van der Waals surface area contributed by atoms with E-state index in [1.807, 2.05) is 0 Å². The largest absolute Gasteiger partial charge is 0.352 e. The summed E-state index contributed by atoms with van der Waals surface area (Å²) >= 11 is 0. The number of carbonyl (C=O) groups excluding carboxylic acids is 1. The van der Waals surface area contributed by atoms with Crippen molar-refractivity contribution < 1.29 is 17.8 Å². The molecule has 0 bridgehead atoms. The Bertz CT molecular complexity index is 159. The molecule has 0 aromatic carbocycles. The van der Waals surface area contributed by atoms with Crippen LogP contribution in [0.4, 0.5) is 4.79 Å². The Morgan fingerprint density at radius 2 is 1.44 bits per heavy atom. The minimum Gasteiger partial charge on any atom is -0.352 e. The lowest BCUT2D eigenvalue weighted by molar-refractivity contribution is 0.256. The number of hydrogen-bond donors (Lipinski definition) is 3. The molecule has 0 fully saturated rings. The molecule has 0 heterocycles. The van der Waals surface area contributed by atoms with E-state index in [2.05, 4.69) is 11.5 Å². The van der Waals surface area contributed by atoms with Crippen LogP contribution in [0.3, 0.4) is 0 Å². The van der Waals surface area contributed by atoms with Gasteiger partial charge in [0, 0.05) is 0 Å². The fourth-order valence-electron chi connectivity index (χ4n) is 0. The summed E-state index contributed by atoms with van der Waals surface area (Å²) in [6.45, 7) is 0. The lowest BCUT2D eigenvalue weighted by Gasteiger charge is -1.69. The molecular weight excluding hydrogens is 148 g/mol. The van der Waals surface area contributed by atoms with Gasteiger partial charge >= 0.3 is 6.03 Å². The van der Waals surface area contributed by atoms with Crippen molar-refractivity contribution >= 4 is 16.1 Å². The predicted octanol–water partition coefficient (Wildman–Crippen LogP) is -1.47. The van der Waals surface area contributed by atoms with E-state index in [0.29, 0.717) is 6.26 Å². The van der Waals surface area contributed by atoms with Gasteiger partial charge in [0.1, 0.15) is 0 Å². The van der Waals surface area contributed by atoms with E-state index in [1.54, 1.807) is 0 Å². The lowest BCUT2D eigenvalue weighted by Crippen LogP contribution is -2.18. The van der Waals surface area contributed by atoms with Crippen LogP contribution in [-0.2, 0) is 10.1 Å². The monoisotopic (exact) mass is 156 g/mol. The van der Waals surface area contributed by atoms with Gasteiger partial charge in [0.25, 0.3) is 10.1 Å². The van der Waals surface area contributed by atoms with E-state index < -0.39 is 16.1 Å². The molecular formula is C2H8N2O4S. The summed E-state index contributed by atoms with van der Waals surface area (Å²) in [6, 6.07) is -0.833. The molecule has 0 saturated carbocycles. The maximum atomic E-state index is 9.19. The molecule has 9 heavy (non-hydrogen) atoms. The molecule has 0 aromatic heterocycles. The van der Waals surface area contributed by atoms with Crippen molar-refractivity contribution in [1.29, 1.82) is 0 Å². The van der Waals surface area contributed by atoms with Crippen molar-refractivity contribution in [3.05, 3.63) is 0 Å². The van der Waals surface area contributed by atoms with Crippen molar-refractivity contribution in [2.24, 2.45) is 11.5 Å². The Hall–Kier alpha value is -0.820. The molecule has 6 nitrogen and oxygen atoms in total. The van der Waals surface area contributed by atoms with E-state index in [0.717, 1.165) is 0 Å². The Kier molecular flexibility index (Phi) is 5.03. The second-order valence-electron chi connectivity index (χ2n) is 1.14. The quantitative estimate of drug-likeness (QED) is 0.370. The molecule has 2 amide bonds. The molecule has 0 rings (SSSR count). The second kappa shape index (κ2) is 4.10. The van der Waals surface area contributed by atoms with Crippen LogP contribution >= 0.6 is 0 Å². The highest BCUT2D eigenvalue weighted by atomic mass is 32.2. The first-order valence-corrected chi connectivity index (χ1v) is 3.55. The van der Waals surface area contributed by atoms with Crippen LogP contribution in [0.1, 0.15) is 0 Å². The Morgan fingerprint density at radius 1 is 1.44 bits per heavy atom. The summed E-state index contributed by atoms with van der Waals surface area (Å²) in [4.78, 5) is 9.00. The normalized spacial score (nSPS) is 9.11. The molecule has 0 aliphatic rings. The Balaban J connectivity index is 0. The highest BCUT2D eigenvalue weighted by molar-refractivity contribution is 7.85. The molecule has 0 aliphatic heterocycles. The van der Waals surface area contributed by atoms with Crippen molar-refractivity contribution in [3.8, 4) is 0 Å². The number of carbonyl (C=O) groups is 1. The highest BCUT2D eigenvalue weighted by Gasteiger charge is 1.81. The first kappa shape index (κ1) is 11.0. The van der Waals surface area contributed by atoms with Crippen molar-refractivity contribution in [3.63, 3.8) is 0 Å². The zero-order valence-electron chi connectivity index (χ0n) is 4.73. The zero-order chi connectivity index (χ0) is 8.08. The first-order chi connectivity index (χ1) is 3.73. The summed E-state index contributed by atoms with van der Waals surface area (Å²) in [6.07, 6.45) is 0.715. The van der Waals surface area contributed by atoms with Crippen LogP contribution in [0.25, 0.3) is 0 Å². The topological polar surface area (TPSA) is 123 Å². The van der Waals surface area contributed by atoms with Gasteiger partial charge in [0.15, 0.2) is 0 Å². The van der Waals surface area contributed by atoms with E-state index in [-0.39, 0.29) is 0 Å². The third kappa shape index (κ3) is 287. The number of amides is 2. The van der Waals surface area contributed by atoms with Crippen molar-refractivity contribution in [2.75, 3.05) is 6.26 Å². The Morgan fingerprint density at radius 3 is 1.44 bits per heavy atom. The van der Waals surface area contributed by atoms with Gasteiger partial charge in [-0.15, -0.1) is 0 Å². The fraction of sp³-hybridized carbons (Fsp3) is 0.500. The maximum absolute atomic E-state index is 9.19. The predicted molar refractivity (Wildman–Crippen MR) is 31.2 cm³/mol. The standard InChI is InChI=1S/CH4N2O.CH4O3S/c2-1(3)4;1-5(2,3)4/h(H4,2,3,4);1H3,(H,2,3,4). The Labute approximate surface area is 52.6 Å². The second-order valence-corrected chi connectivity index (χ2v) is 2.60. The van der Waals surface area contributed by atoms with Crippen LogP contribution < -0.4 is 11.5 Å².